The molecule has 2 rings (SSSR count). The van der Waals surface area contributed by atoms with Crippen LogP contribution in [0.4, 0.5) is 5.69 Å². The molecular weight excluding hydrogens is 246 g/mol. The molecule has 0 unspecified atom stereocenters. The van der Waals surface area contributed by atoms with Crippen LogP contribution >= 0.6 is 0 Å². The summed E-state index contributed by atoms with van der Waals surface area (Å²) in [6.07, 6.45) is 2.14. The summed E-state index contributed by atoms with van der Waals surface area (Å²) in [4.78, 5) is 2.13. The van der Waals surface area contributed by atoms with Crippen molar-refractivity contribution >= 4 is 5.69 Å². The van der Waals surface area contributed by atoms with Crippen LogP contribution in [-0.2, 0) is 17.8 Å². The number of rotatable bonds is 7. The van der Waals surface area contributed by atoms with Gasteiger partial charge in [0.15, 0.2) is 0 Å². The van der Waals surface area contributed by atoms with Gasteiger partial charge in [0.05, 0.1) is 6.61 Å². The summed E-state index contributed by atoms with van der Waals surface area (Å²) in [5.74, 6) is 0. The molecule has 0 heterocycles. The van der Waals surface area contributed by atoms with Crippen molar-refractivity contribution in [3.05, 3.63) is 65.7 Å². The predicted octanol–water partition coefficient (Wildman–Crippen LogP) is 3.90. The van der Waals surface area contributed by atoms with Crippen LogP contribution in [-0.4, -0.2) is 20.7 Å². The molecule has 0 aromatic heterocycles. The lowest BCUT2D eigenvalue weighted by atomic mass is 10.1. The number of ether oxygens (including phenoxy) is 1. The molecule has 0 N–H and O–H groups in total. The van der Waals surface area contributed by atoms with E-state index in [4.69, 9.17) is 4.74 Å². The maximum absolute atomic E-state index is 5.81. The number of hydrogen-bond donors (Lipinski definition) is 0. The second-order valence-electron chi connectivity index (χ2n) is 5.16. The molecule has 0 aliphatic carbocycles. The fourth-order valence-corrected chi connectivity index (χ4v) is 2.27. The predicted molar refractivity (Wildman–Crippen MR) is 85.2 cm³/mol. The number of benzene rings is 2. The molecule has 0 spiro atoms. The van der Waals surface area contributed by atoms with E-state index >= 15 is 0 Å². The van der Waals surface area contributed by atoms with Gasteiger partial charge in [-0.15, -0.1) is 0 Å². The first-order valence-corrected chi connectivity index (χ1v) is 7.14. The van der Waals surface area contributed by atoms with E-state index < -0.39 is 0 Å². The van der Waals surface area contributed by atoms with Gasteiger partial charge in [0.2, 0.25) is 0 Å². The first-order chi connectivity index (χ1) is 9.77. The molecule has 2 nitrogen and oxygen atoms in total. The van der Waals surface area contributed by atoms with Crippen molar-refractivity contribution in [2.45, 2.75) is 19.4 Å². The molecule has 0 atom stereocenters. The molecule has 0 fully saturated rings. The average molecular weight is 269 g/mol. The largest absolute Gasteiger partial charge is 0.377 e. The number of aryl methyl sites for hydroxylation is 1. The molecule has 0 saturated carbocycles. The number of anilines is 1. The van der Waals surface area contributed by atoms with Gasteiger partial charge in [0.25, 0.3) is 0 Å². The fourth-order valence-electron chi connectivity index (χ4n) is 2.27. The van der Waals surface area contributed by atoms with Crippen molar-refractivity contribution in [1.82, 2.24) is 0 Å². The highest BCUT2D eigenvalue weighted by Gasteiger charge is 2.03. The van der Waals surface area contributed by atoms with Crippen LogP contribution in [0.5, 0.6) is 0 Å². The van der Waals surface area contributed by atoms with E-state index in [0.29, 0.717) is 6.61 Å². The zero-order valence-corrected chi connectivity index (χ0v) is 12.4. The van der Waals surface area contributed by atoms with E-state index in [1.54, 1.807) is 0 Å². The smallest absolute Gasteiger partial charge is 0.0736 e. The van der Waals surface area contributed by atoms with Crippen molar-refractivity contribution in [2.75, 3.05) is 25.6 Å². The number of para-hydroxylation sites is 1. The fraction of sp³-hybridized carbons (Fsp3) is 0.333. The highest BCUT2D eigenvalue weighted by molar-refractivity contribution is 5.52. The van der Waals surface area contributed by atoms with Gasteiger partial charge in [-0.1, -0.05) is 48.5 Å². The first kappa shape index (κ1) is 14.6. The van der Waals surface area contributed by atoms with Gasteiger partial charge in [-0.25, -0.2) is 0 Å². The summed E-state index contributed by atoms with van der Waals surface area (Å²) in [5, 5.41) is 0. The van der Waals surface area contributed by atoms with E-state index in [1.807, 2.05) is 0 Å². The molecule has 0 aliphatic heterocycles. The van der Waals surface area contributed by atoms with Gasteiger partial charge in [-0.3, -0.25) is 0 Å². The van der Waals surface area contributed by atoms with E-state index in [-0.39, 0.29) is 0 Å². The highest BCUT2D eigenvalue weighted by Crippen LogP contribution is 2.18. The van der Waals surface area contributed by atoms with E-state index in [9.17, 15) is 0 Å². The Morgan fingerprint density at radius 1 is 0.900 bits per heavy atom. The Balaban J connectivity index is 1.74. The summed E-state index contributed by atoms with van der Waals surface area (Å²) in [7, 11) is 4.13. The van der Waals surface area contributed by atoms with E-state index in [0.717, 1.165) is 19.4 Å². The molecule has 20 heavy (non-hydrogen) atoms. The Morgan fingerprint density at radius 2 is 1.60 bits per heavy atom. The molecular formula is C18H23NO. The van der Waals surface area contributed by atoms with Crippen LogP contribution < -0.4 is 4.90 Å². The maximum atomic E-state index is 5.81. The summed E-state index contributed by atoms with van der Waals surface area (Å²) in [6.45, 7) is 1.49. The van der Waals surface area contributed by atoms with Gasteiger partial charge in [-0.05, 0) is 24.5 Å². The zero-order chi connectivity index (χ0) is 14.2. The standard InChI is InChI=1S/C18H23NO/c1-19(2)18-13-7-6-12-17(18)15-20-14-8-11-16-9-4-3-5-10-16/h3-7,9-10,12-13H,8,11,14-15H2,1-2H3. The molecule has 0 radical (unpaired) electrons. The van der Waals surface area contributed by atoms with Crippen molar-refractivity contribution in [1.29, 1.82) is 0 Å². The first-order valence-electron chi connectivity index (χ1n) is 7.14. The zero-order valence-electron chi connectivity index (χ0n) is 12.4. The summed E-state index contributed by atoms with van der Waals surface area (Å²) >= 11 is 0. The van der Waals surface area contributed by atoms with Crippen LogP contribution in [0, 0.1) is 0 Å². The molecule has 2 aromatic carbocycles. The number of hydrogen-bond acceptors (Lipinski definition) is 2. The van der Waals surface area contributed by atoms with Crippen LogP contribution in [0.2, 0.25) is 0 Å². The lowest BCUT2D eigenvalue weighted by molar-refractivity contribution is 0.119. The van der Waals surface area contributed by atoms with Crippen LogP contribution in [0.15, 0.2) is 54.6 Å². The van der Waals surface area contributed by atoms with Gasteiger partial charge < -0.3 is 9.64 Å². The van der Waals surface area contributed by atoms with Gasteiger partial charge in [0, 0.05) is 32.0 Å². The molecule has 0 bridgehead atoms. The minimum absolute atomic E-state index is 0.684. The second-order valence-corrected chi connectivity index (χ2v) is 5.16. The third kappa shape index (κ3) is 4.39. The Morgan fingerprint density at radius 3 is 2.35 bits per heavy atom. The number of nitrogens with zero attached hydrogens (tertiary/aromatic N) is 1. The third-order valence-electron chi connectivity index (χ3n) is 3.33. The van der Waals surface area contributed by atoms with Crippen LogP contribution in [0.3, 0.4) is 0 Å². The lowest BCUT2D eigenvalue weighted by Crippen LogP contribution is -2.11. The monoisotopic (exact) mass is 269 g/mol. The normalized spacial score (nSPS) is 10.5. The Labute approximate surface area is 122 Å². The Kier molecular flexibility index (Phi) is 5.63. The minimum atomic E-state index is 0.684. The van der Waals surface area contributed by atoms with Crippen molar-refractivity contribution < 1.29 is 4.74 Å². The van der Waals surface area contributed by atoms with Gasteiger partial charge in [-0.2, -0.15) is 0 Å². The molecule has 106 valence electrons. The molecule has 0 amide bonds. The van der Waals surface area contributed by atoms with E-state index in [2.05, 4.69) is 73.6 Å². The molecule has 2 aromatic rings. The Hall–Kier alpha value is -1.80. The summed E-state index contributed by atoms with van der Waals surface area (Å²) in [5.41, 5.74) is 3.86. The maximum Gasteiger partial charge on any atom is 0.0736 e. The minimum Gasteiger partial charge on any atom is -0.377 e. The SMILES string of the molecule is CN(C)c1ccccc1COCCCc1ccccc1. The van der Waals surface area contributed by atoms with E-state index in [1.165, 1.54) is 16.8 Å². The third-order valence-corrected chi connectivity index (χ3v) is 3.33. The molecule has 2 heteroatoms. The molecule has 0 saturated heterocycles. The van der Waals surface area contributed by atoms with Crippen molar-refractivity contribution in [2.24, 2.45) is 0 Å². The quantitative estimate of drug-likeness (QED) is 0.707. The van der Waals surface area contributed by atoms with Crippen LogP contribution in [0.25, 0.3) is 0 Å². The topological polar surface area (TPSA) is 12.5 Å². The van der Waals surface area contributed by atoms with Gasteiger partial charge in [0.1, 0.15) is 0 Å². The van der Waals surface area contributed by atoms with Crippen molar-refractivity contribution in [3.63, 3.8) is 0 Å². The lowest BCUT2D eigenvalue weighted by Gasteiger charge is -2.17. The average Bonchev–Trinajstić information content (AvgIpc) is 2.48. The summed E-state index contributed by atoms with van der Waals surface area (Å²) < 4.78 is 5.81. The van der Waals surface area contributed by atoms with Crippen LogP contribution in [0.1, 0.15) is 17.5 Å². The summed E-state index contributed by atoms with van der Waals surface area (Å²) in [6, 6.07) is 19.0. The second kappa shape index (κ2) is 7.71. The van der Waals surface area contributed by atoms with Crippen molar-refractivity contribution in [3.8, 4) is 0 Å². The molecule has 0 aliphatic rings. The van der Waals surface area contributed by atoms with Gasteiger partial charge >= 0.3 is 0 Å². The Bertz CT molecular complexity index is 508. The highest BCUT2D eigenvalue weighted by atomic mass is 16.5.